The lowest BCUT2D eigenvalue weighted by molar-refractivity contribution is -0.130. The molecule has 0 bridgehead atoms. The van der Waals surface area contributed by atoms with Crippen LogP contribution in [-0.2, 0) is 4.79 Å². The van der Waals surface area contributed by atoms with Crippen molar-refractivity contribution in [2.45, 2.75) is 13.0 Å². The van der Waals surface area contributed by atoms with Gasteiger partial charge in [0.25, 0.3) is 5.91 Å². The van der Waals surface area contributed by atoms with Crippen LogP contribution in [0.15, 0.2) is 55.0 Å². The van der Waals surface area contributed by atoms with Gasteiger partial charge in [-0.1, -0.05) is 12.1 Å². The van der Waals surface area contributed by atoms with Crippen molar-refractivity contribution < 1.29 is 14.3 Å². The van der Waals surface area contributed by atoms with Crippen LogP contribution in [0.4, 0.5) is 17.5 Å². The second-order valence-electron chi connectivity index (χ2n) is 6.71. The highest BCUT2D eigenvalue weighted by Crippen LogP contribution is 2.30. The fraction of sp³-hybridized carbons (Fsp3) is 0.238. The molecule has 0 spiro atoms. The Hall–Kier alpha value is -3.88. The highest BCUT2D eigenvalue weighted by molar-refractivity contribution is 5.81. The normalized spacial score (nSPS) is 14.6. The molecule has 0 aliphatic carbocycles. The Bertz CT molecular complexity index is 1030. The number of aromatic nitrogens is 3. The minimum atomic E-state index is -0.670. The van der Waals surface area contributed by atoms with E-state index in [0.717, 1.165) is 5.56 Å². The van der Waals surface area contributed by atoms with Crippen molar-refractivity contribution in [1.29, 1.82) is 0 Å². The van der Waals surface area contributed by atoms with Gasteiger partial charge in [-0.05, 0) is 36.8 Å². The SMILES string of the molecule is Cc1ccnc(Nc2cc(NCCNC(=O)C3COc4ccccc4O3)ncn2)c1. The molecule has 3 N–H and O–H groups in total. The van der Waals surface area contributed by atoms with Crippen molar-refractivity contribution in [3.63, 3.8) is 0 Å². The third kappa shape index (κ3) is 4.93. The predicted octanol–water partition coefficient (Wildman–Crippen LogP) is 2.29. The summed E-state index contributed by atoms with van der Waals surface area (Å²) in [4.78, 5) is 25.0. The molecule has 1 aliphatic rings. The summed E-state index contributed by atoms with van der Waals surface area (Å²) >= 11 is 0. The summed E-state index contributed by atoms with van der Waals surface area (Å²) in [6.45, 7) is 3.09. The number of benzene rings is 1. The van der Waals surface area contributed by atoms with Gasteiger partial charge in [0.2, 0.25) is 6.10 Å². The van der Waals surface area contributed by atoms with Gasteiger partial charge in [0.1, 0.15) is 30.4 Å². The summed E-state index contributed by atoms with van der Waals surface area (Å²) in [5, 5.41) is 9.14. The maximum atomic E-state index is 12.3. The lowest BCUT2D eigenvalue weighted by Gasteiger charge is -2.25. The van der Waals surface area contributed by atoms with Crippen LogP contribution in [0.5, 0.6) is 11.5 Å². The zero-order valence-electron chi connectivity index (χ0n) is 16.5. The Morgan fingerprint density at radius 3 is 2.70 bits per heavy atom. The summed E-state index contributed by atoms with van der Waals surface area (Å²) in [7, 11) is 0. The van der Waals surface area contributed by atoms with Crippen molar-refractivity contribution in [2.75, 3.05) is 30.3 Å². The molecule has 0 fully saturated rings. The van der Waals surface area contributed by atoms with E-state index in [0.29, 0.717) is 42.0 Å². The van der Waals surface area contributed by atoms with Gasteiger partial charge in [0.15, 0.2) is 11.5 Å². The molecule has 3 aromatic rings. The highest BCUT2D eigenvalue weighted by Gasteiger charge is 2.26. The number of amides is 1. The van der Waals surface area contributed by atoms with Gasteiger partial charge in [-0.15, -0.1) is 0 Å². The van der Waals surface area contributed by atoms with Gasteiger partial charge in [-0.3, -0.25) is 4.79 Å². The van der Waals surface area contributed by atoms with Crippen molar-refractivity contribution >= 4 is 23.4 Å². The number of nitrogens with zero attached hydrogens (tertiary/aromatic N) is 3. The Morgan fingerprint density at radius 1 is 1.03 bits per heavy atom. The van der Waals surface area contributed by atoms with E-state index in [1.807, 2.05) is 37.3 Å². The number of hydrogen-bond donors (Lipinski definition) is 3. The number of fused-ring (bicyclic) bond motifs is 1. The van der Waals surface area contributed by atoms with E-state index in [-0.39, 0.29) is 12.5 Å². The largest absolute Gasteiger partial charge is 0.485 e. The van der Waals surface area contributed by atoms with Crippen LogP contribution in [0.2, 0.25) is 0 Å². The van der Waals surface area contributed by atoms with Gasteiger partial charge in [0, 0.05) is 25.4 Å². The molecule has 9 heteroatoms. The lowest BCUT2D eigenvalue weighted by Crippen LogP contribution is -2.45. The van der Waals surface area contributed by atoms with Crippen LogP contribution in [0.1, 0.15) is 5.56 Å². The maximum Gasteiger partial charge on any atom is 0.264 e. The van der Waals surface area contributed by atoms with Crippen molar-refractivity contribution in [1.82, 2.24) is 20.3 Å². The van der Waals surface area contributed by atoms with Gasteiger partial charge >= 0.3 is 0 Å². The minimum Gasteiger partial charge on any atom is -0.485 e. The van der Waals surface area contributed by atoms with Crippen LogP contribution < -0.4 is 25.4 Å². The Morgan fingerprint density at radius 2 is 1.83 bits per heavy atom. The van der Waals surface area contributed by atoms with Gasteiger partial charge in [0.05, 0.1) is 0 Å². The van der Waals surface area contributed by atoms with Crippen molar-refractivity contribution in [2.24, 2.45) is 0 Å². The van der Waals surface area contributed by atoms with Crippen LogP contribution in [0.25, 0.3) is 0 Å². The predicted molar refractivity (Wildman–Crippen MR) is 112 cm³/mol. The first kappa shape index (κ1) is 19.4. The van der Waals surface area contributed by atoms with E-state index in [4.69, 9.17) is 9.47 Å². The van der Waals surface area contributed by atoms with Crippen molar-refractivity contribution in [3.8, 4) is 11.5 Å². The molecule has 1 aliphatic heterocycles. The van der Waals surface area contributed by atoms with Gasteiger partial charge in [-0.25, -0.2) is 15.0 Å². The molecule has 3 heterocycles. The molecule has 1 unspecified atom stereocenters. The molecule has 0 radical (unpaired) electrons. The summed E-state index contributed by atoms with van der Waals surface area (Å²) in [5.41, 5.74) is 1.10. The van der Waals surface area contributed by atoms with E-state index in [1.54, 1.807) is 18.3 Å². The summed E-state index contributed by atoms with van der Waals surface area (Å²) < 4.78 is 11.3. The Kier molecular flexibility index (Phi) is 5.88. The van der Waals surface area contributed by atoms with E-state index < -0.39 is 6.10 Å². The molecule has 2 aromatic heterocycles. The van der Waals surface area contributed by atoms with E-state index >= 15 is 0 Å². The number of rotatable bonds is 7. The molecule has 0 saturated heterocycles. The number of hydrogen-bond acceptors (Lipinski definition) is 8. The summed E-state index contributed by atoms with van der Waals surface area (Å²) in [5.74, 6) is 2.98. The van der Waals surface area contributed by atoms with Crippen LogP contribution in [-0.4, -0.2) is 46.7 Å². The average molecular weight is 406 g/mol. The fourth-order valence-corrected chi connectivity index (χ4v) is 2.90. The molecule has 1 atom stereocenters. The van der Waals surface area contributed by atoms with E-state index in [9.17, 15) is 4.79 Å². The molecule has 1 aromatic carbocycles. The number of aryl methyl sites for hydroxylation is 1. The van der Waals surface area contributed by atoms with E-state index in [2.05, 4.69) is 30.9 Å². The fourth-order valence-electron chi connectivity index (χ4n) is 2.90. The number of anilines is 3. The first-order valence-electron chi connectivity index (χ1n) is 9.59. The van der Waals surface area contributed by atoms with Crippen LogP contribution >= 0.6 is 0 Å². The van der Waals surface area contributed by atoms with E-state index in [1.165, 1.54) is 6.33 Å². The molecule has 4 rings (SSSR count). The van der Waals surface area contributed by atoms with Crippen LogP contribution in [0.3, 0.4) is 0 Å². The van der Waals surface area contributed by atoms with Crippen molar-refractivity contribution in [3.05, 3.63) is 60.6 Å². The topological polar surface area (TPSA) is 110 Å². The first-order valence-corrected chi connectivity index (χ1v) is 9.59. The number of ether oxygens (including phenoxy) is 2. The first-order chi connectivity index (χ1) is 14.7. The second-order valence-corrected chi connectivity index (χ2v) is 6.71. The smallest absolute Gasteiger partial charge is 0.264 e. The molecule has 0 saturated carbocycles. The summed E-state index contributed by atoms with van der Waals surface area (Å²) in [6, 6.07) is 12.9. The molecule has 30 heavy (non-hydrogen) atoms. The molecule has 1 amide bonds. The Labute approximate surface area is 173 Å². The lowest BCUT2D eigenvalue weighted by atomic mass is 10.2. The number of para-hydroxylation sites is 2. The third-order valence-corrected chi connectivity index (χ3v) is 4.37. The molecule has 154 valence electrons. The number of nitrogens with one attached hydrogen (secondary N) is 3. The Balaban J connectivity index is 1.23. The standard InChI is InChI=1S/C21H22N6O3/c1-14-6-7-22-19(10-14)27-20-11-18(25-13-26-20)23-8-9-24-21(28)17-12-29-15-4-2-3-5-16(15)30-17/h2-7,10-11,13,17H,8-9,12H2,1H3,(H,24,28)(H2,22,23,25,26,27). The molecular formula is C21H22N6O3. The minimum absolute atomic E-state index is 0.185. The zero-order valence-corrected chi connectivity index (χ0v) is 16.5. The quantitative estimate of drug-likeness (QED) is 0.513. The second kappa shape index (κ2) is 9.08. The number of pyridine rings is 1. The zero-order chi connectivity index (χ0) is 20.8. The number of carbonyl (C=O) groups excluding carboxylic acids is 1. The van der Waals surface area contributed by atoms with Gasteiger partial charge < -0.3 is 25.4 Å². The van der Waals surface area contributed by atoms with Gasteiger partial charge in [-0.2, -0.15) is 0 Å². The average Bonchev–Trinajstić information content (AvgIpc) is 2.76. The number of carbonyl (C=O) groups is 1. The summed E-state index contributed by atoms with van der Waals surface area (Å²) in [6.07, 6.45) is 2.53. The van der Waals surface area contributed by atoms with Crippen LogP contribution in [0, 0.1) is 6.92 Å². The highest BCUT2D eigenvalue weighted by atomic mass is 16.6. The monoisotopic (exact) mass is 406 g/mol. The molecular weight excluding hydrogens is 384 g/mol. The molecule has 9 nitrogen and oxygen atoms in total. The maximum absolute atomic E-state index is 12.3. The third-order valence-electron chi connectivity index (χ3n) is 4.37.